The number of hydrogen-bond donors (Lipinski definition) is 2. The summed E-state index contributed by atoms with van der Waals surface area (Å²) in [4.78, 5) is 17.2. The standard InChI is InChI=1S/C25H26N6O4/c1-33-20-8-6-18(7-9-20)28-24-23(5-4-10-26-24)25(32)27-14-19-16-31(30-29-19)15-17-11-21(34-2)13-22(12-17)35-3/h4-13,16H,14-15H2,1-3H3,(H,26,28)(H,27,32). The number of aromatic nitrogens is 4. The first-order valence-electron chi connectivity index (χ1n) is 10.8. The third-order valence-corrected chi connectivity index (χ3v) is 5.18. The Morgan fingerprint density at radius 1 is 0.943 bits per heavy atom. The monoisotopic (exact) mass is 474 g/mol. The Kier molecular flexibility index (Phi) is 7.41. The number of carbonyl (C=O) groups is 1. The van der Waals surface area contributed by atoms with Gasteiger partial charge in [-0.05, 0) is 54.1 Å². The molecular weight excluding hydrogens is 448 g/mol. The van der Waals surface area contributed by atoms with Gasteiger partial charge in [-0.3, -0.25) is 4.79 Å². The van der Waals surface area contributed by atoms with E-state index in [0.717, 1.165) is 17.0 Å². The van der Waals surface area contributed by atoms with Crippen molar-refractivity contribution in [2.75, 3.05) is 26.6 Å². The van der Waals surface area contributed by atoms with Gasteiger partial charge in [0.15, 0.2) is 0 Å². The molecule has 2 aromatic heterocycles. The van der Waals surface area contributed by atoms with Gasteiger partial charge in [0.05, 0.1) is 46.2 Å². The van der Waals surface area contributed by atoms with Crippen LogP contribution in [-0.2, 0) is 13.1 Å². The number of nitrogens with one attached hydrogen (secondary N) is 2. The lowest BCUT2D eigenvalue weighted by Crippen LogP contribution is -2.24. The van der Waals surface area contributed by atoms with Gasteiger partial charge in [0, 0.05) is 18.0 Å². The van der Waals surface area contributed by atoms with Gasteiger partial charge in [0.2, 0.25) is 0 Å². The highest BCUT2D eigenvalue weighted by Gasteiger charge is 2.13. The molecule has 2 aromatic carbocycles. The van der Waals surface area contributed by atoms with Crippen molar-refractivity contribution >= 4 is 17.4 Å². The van der Waals surface area contributed by atoms with E-state index in [1.54, 1.807) is 50.5 Å². The summed E-state index contributed by atoms with van der Waals surface area (Å²) in [6, 6.07) is 16.4. The van der Waals surface area contributed by atoms with Crippen molar-refractivity contribution in [3.05, 3.63) is 83.8 Å². The minimum Gasteiger partial charge on any atom is -0.497 e. The average molecular weight is 475 g/mol. The number of nitrogens with zero attached hydrogens (tertiary/aromatic N) is 4. The predicted molar refractivity (Wildman–Crippen MR) is 130 cm³/mol. The summed E-state index contributed by atoms with van der Waals surface area (Å²) in [6.07, 6.45) is 3.41. The van der Waals surface area contributed by atoms with Crippen LogP contribution in [0.2, 0.25) is 0 Å². The molecule has 0 atom stereocenters. The molecule has 0 fully saturated rings. The summed E-state index contributed by atoms with van der Waals surface area (Å²) < 4.78 is 17.5. The largest absolute Gasteiger partial charge is 0.497 e. The van der Waals surface area contributed by atoms with E-state index in [4.69, 9.17) is 14.2 Å². The molecule has 0 bridgehead atoms. The molecule has 0 saturated heterocycles. The van der Waals surface area contributed by atoms with Crippen molar-refractivity contribution in [3.8, 4) is 17.2 Å². The van der Waals surface area contributed by atoms with Gasteiger partial charge in [-0.25, -0.2) is 9.67 Å². The molecule has 35 heavy (non-hydrogen) atoms. The van der Waals surface area contributed by atoms with E-state index >= 15 is 0 Å². The lowest BCUT2D eigenvalue weighted by molar-refractivity contribution is 0.0951. The van der Waals surface area contributed by atoms with Gasteiger partial charge >= 0.3 is 0 Å². The number of ether oxygens (including phenoxy) is 3. The number of benzene rings is 2. The number of hydrogen-bond acceptors (Lipinski definition) is 8. The maximum Gasteiger partial charge on any atom is 0.255 e. The van der Waals surface area contributed by atoms with Crippen LogP contribution in [0.3, 0.4) is 0 Å². The summed E-state index contributed by atoms with van der Waals surface area (Å²) in [7, 11) is 4.82. The van der Waals surface area contributed by atoms with Crippen LogP contribution in [0.25, 0.3) is 0 Å². The quantitative estimate of drug-likeness (QED) is 0.360. The zero-order chi connectivity index (χ0) is 24.6. The molecule has 0 aliphatic rings. The molecule has 0 spiro atoms. The van der Waals surface area contributed by atoms with Crippen LogP contribution in [0.1, 0.15) is 21.6 Å². The molecule has 0 saturated carbocycles. The molecule has 0 radical (unpaired) electrons. The number of rotatable bonds is 10. The minimum absolute atomic E-state index is 0.219. The molecule has 180 valence electrons. The van der Waals surface area contributed by atoms with Gasteiger partial charge in [-0.2, -0.15) is 0 Å². The second-order valence-corrected chi connectivity index (χ2v) is 7.56. The second kappa shape index (κ2) is 11.0. The first-order valence-corrected chi connectivity index (χ1v) is 10.8. The van der Waals surface area contributed by atoms with E-state index in [2.05, 4.69) is 25.9 Å². The number of anilines is 2. The van der Waals surface area contributed by atoms with E-state index in [-0.39, 0.29) is 12.5 Å². The molecule has 0 unspecified atom stereocenters. The van der Waals surface area contributed by atoms with Crippen LogP contribution in [0.5, 0.6) is 17.2 Å². The summed E-state index contributed by atoms with van der Waals surface area (Å²) in [5, 5.41) is 14.4. The molecule has 1 amide bonds. The Morgan fingerprint density at radius 2 is 1.66 bits per heavy atom. The van der Waals surface area contributed by atoms with Crippen molar-refractivity contribution < 1.29 is 19.0 Å². The highest BCUT2D eigenvalue weighted by atomic mass is 16.5. The second-order valence-electron chi connectivity index (χ2n) is 7.56. The van der Waals surface area contributed by atoms with Gasteiger partial charge < -0.3 is 24.8 Å². The average Bonchev–Trinajstić information content (AvgIpc) is 3.34. The lowest BCUT2D eigenvalue weighted by atomic mass is 10.2. The lowest BCUT2D eigenvalue weighted by Gasteiger charge is -2.11. The van der Waals surface area contributed by atoms with E-state index in [1.807, 2.05) is 42.5 Å². The molecule has 4 aromatic rings. The third kappa shape index (κ3) is 6.05. The van der Waals surface area contributed by atoms with Crippen molar-refractivity contribution in [2.24, 2.45) is 0 Å². The fraction of sp³-hybridized carbons (Fsp3) is 0.200. The minimum atomic E-state index is -0.277. The van der Waals surface area contributed by atoms with Crippen LogP contribution in [-0.4, -0.2) is 47.2 Å². The first kappa shape index (κ1) is 23.6. The summed E-state index contributed by atoms with van der Waals surface area (Å²) in [5.74, 6) is 2.31. The topological polar surface area (TPSA) is 112 Å². The molecule has 10 nitrogen and oxygen atoms in total. The van der Waals surface area contributed by atoms with Crippen LogP contribution in [0, 0.1) is 0 Å². The normalized spacial score (nSPS) is 10.5. The SMILES string of the molecule is COc1ccc(Nc2ncccc2C(=O)NCc2cn(Cc3cc(OC)cc(OC)c3)nn2)cc1. The molecular formula is C25H26N6O4. The smallest absolute Gasteiger partial charge is 0.255 e. The van der Waals surface area contributed by atoms with Crippen LogP contribution in [0.4, 0.5) is 11.5 Å². The fourth-order valence-electron chi connectivity index (χ4n) is 3.41. The van der Waals surface area contributed by atoms with Crippen molar-refractivity contribution in [3.63, 3.8) is 0 Å². The Morgan fingerprint density at radius 3 is 2.34 bits per heavy atom. The van der Waals surface area contributed by atoms with Gasteiger partial charge in [-0.1, -0.05) is 5.21 Å². The van der Waals surface area contributed by atoms with Gasteiger partial charge in [0.1, 0.15) is 28.8 Å². The Hall–Kier alpha value is -4.60. The molecule has 0 aliphatic carbocycles. The molecule has 2 N–H and O–H groups in total. The van der Waals surface area contributed by atoms with Crippen LogP contribution in [0.15, 0.2) is 67.0 Å². The predicted octanol–water partition coefficient (Wildman–Crippen LogP) is 3.42. The maximum atomic E-state index is 12.9. The zero-order valence-corrected chi connectivity index (χ0v) is 19.7. The number of methoxy groups -OCH3 is 3. The van der Waals surface area contributed by atoms with E-state index < -0.39 is 0 Å². The number of carbonyl (C=O) groups excluding carboxylic acids is 1. The zero-order valence-electron chi connectivity index (χ0n) is 19.7. The maximum absolute atomic E-state index is 12.9. The molecule has 0 aliphatic heterocycles. The Balaban J connectivity index is 1.39. The molecule has 4 rings (SSSR count). The molecule has 10 heteroatoms. The Bertz CT molecular complexity index is 1270. The number of pyridine rings is 1. The van der Waals surface area contributed by atoms with Crippen molar-refractivity contribution in [2.45, 2.75) is 13.1 Å². The fourth-order valence-corrected chi connectivity index (χ4v) is 3.41. The van der Waals surface area contributed by atoms with E-state index in [1.165, 1.54) is 0 Å². The summed E-state index contributed by atoms with van der Waals surface area (Å²) in [6.45, 7) is 0.699. The summed E-state index contributed by atoms with van der Waals surface area (Å²) in [5.41, 5.74) is 2.78. The molecule has 2 heterocycles. The van der Waals surface area contributed by atoms with Gasteiger partial charge in [0.25, 0.3) is 5.91 Å². The van der Waals surface area contributed by atoms with E-state index in [0.29, 0.717) is 35.1 Å². The van der Waals surface area contributed by atoms with E-state index in [9.17, 15) is 4.79 Å². The highest BCUT2D eigenvalue weighted by Crippen LogP contribution is 2.23. The third-order valence-electron chi connectivity index (χ3n) is 5.18. The highest BCUT2D eigenvalue weighted by molar-refractivity contribution is 5.99. The summed E-state index contributed by atoms with van der Waals surface area (Å²) >= 11 is 0. The van der Waals surface area contributed by atoms with Gasteiger partial charge in [-0.15, -0.1) is 5.10 Å². The van der Waals surface area contributed by atoms with Crippen LogP contribution >= 0.6 is 0 Å². The van der Waals surface area contributed by atoms with Crippen molar-refractivity contribution in [1.29, 1.82) is 0 Å². The number of amides is 1. The Labute approximate surface area is 202 Å². The van der Waals surface area contributed by atoms with Crippen LogP contribution < -0.4 is 24.8 Å². The first-order chi connectivity index (χ1) is 17.1. The van der Waals surface area contributed by atoms with Crippen molar-refractivity contribution in [1.82, 2.24) is 25.3 Å².